The summed E-state index contributed by atoms with van der Waals surface area (Å²) < 4.78 is 5.64. The lowest BCUT2D eigenvalue weighted by molar-refractivity contribution is -0.384. The van der Waals surface area contributed by atoms with Crippen LogP contribution in [0.25, 0.3) is 11.1 Å². The summed E-state index contributed by atoms with van der Waals surface area (Å²) >= 11 is 0. The lowest BCUT2D eigenvalue weighted by Gasteiger charge is -2.33. The Morgan fingerprint density at radius 1 is 1.55 bits per heavy atom. The van der Waals surface area contributed by atoms with Crippen molar-refractivity contribution < 1.29 is 9.34 Å². The Kier molecular flexibility index (Phi) is 3.06. The Labute approximate surface area is 115 Å². The summed E-state index contributed by atoms with van der Waals surface area (Å²) in [5.74, 6) is 0.483. The highest BCUT2D eigenvalue weighted by atomic mass is 16.6. The fourth-order valence-corrected chi connectivity index (χ4v) is 2.42. The first kappa shape index (κ1) is 12.9. The molecule has 106 valence electrons. The molecule has 1 aliphatic heterocycles. The number of hydrogen-bond acceptors (Lipinski definition) is 6. The molecule has 2 aromatic rings. The van der Waals surface area contributed by atoms with Crippen molar-refractivity contribution in [3.8, 4) is 0 Å². The Hall–Kier alpha value is -2.15. The maximum absolute atomic E-state index is 10.7. The normalized spacial score (nSPS) is 23.2. The number of nitrogens with two attached hydrogens (primary N) is 1. The highest BCUT2D eigenvalue weighted by molar-refractivity contribution is 5.77. The maximum atomic E-state index is 10.7. The number of nitro groups is 1. The van der Waals surface area contributed by atoms with Crippen LogP contribution >= 0.6 is 0 Å². The van der Waals surface area contributed by atoms with Crippen molar-refractivity contribution in [3.63, 3.8) is 0 Å². The average Bonchev–Trinajstić information content (AvgIpc) is 2.84. The van der Waals surface area contributed by atoms with Crippen LogP contribution in [-0.4, -0.2) is 29.0 Å². The van der Waals surface area contributed by atoms with Crippen LogP contribution in [0.5, 0.6) is 0 Å². The smallest absolute Gasteiger partial charge is 0.298 e. The van der Waals surface area contributed by atoms with Gasteiger partial charge in [-0.25, -0.2) is 0 Å². The molecule has 7 nitrogen and oxygen atoms in total. The molecule has 20 heavy (non-hydrogen) atoms. The Balaban J connectivity index is 1.91. The van der Waals surface area contributed by atoms with Gasteiger partial charge >= 0.3 is 0 Å². The third kappa shape index (κ3) is 2.20. The van der Waals surface area contributed by atoms with Gasteiger partial charge in [0, 0.05) is 25.2 Å². The number of nitrogens with zero attached hydrogens (tertiary/aromatic N) is 3. The topological polar surface area (TPSA) is 98.4 Å². The number of benzene rings is 1. The molecular formula is C13H16N4O3. The molecule has 0 amide bonds. The SMILES string of the molecule is CC1CCN(c2nc3ccc([N+](=O)[O-])cc3o2)CC1N. The van der Waals surface area contributed by atoms with Crippen LogP contribution in [0.1, 0.15) is 13.3 Å². The molecule has 0 saturated carbocycles. The molecule has 2 N–H and O–H groups in total. The van der Waals surface area contributed by atoms with Gasteiger partial charge in [0.05, 0.1) is 11.0 Å². The molecule has 2 heterocycles. The predicted octanol–water partition coefficient (Wildman–Crippen LogP) is 1.91. The summed E-state index contributed by atoms with van der Waals surface area (Å²) in [5.41, 5.74) is 7.12. The van der Waals surface area contributed by atoms with Crippen LogP contribution < -0.4 is 10.6 Å². The molecule has 0 aliphatic carbocycles. The van der Waals surface area contributed by atoms with Crippen molar-refractivity contribution in [2.75, 3.05) is 18.0 Å². The highest BCUT2D eigenvalue weighted by Crippen LogP contribution is 2.28. The van der Waals surface area contributed by atoms with Gasteiger partial charge in [0.2, 0.25) is 0 Å². The number of hydrogen-bond donors (Lipinski definition) is 1. The Morgan fingerprint density at radius 2 is 2.35 bits per heavy atom. The quantitative estimate of drug-likeness (QED) is 0.664. The number of oxazole rings is 1. The van der Waals surface area contributed by atoms with Crippen LogP contribution in [0.3, 0.4) is 0 Å². The molecule has 7 heteroatoms. The van der Waals surface area contributed by atoms with E-state index >= 15 is 0 Å². The number of anilines is 1. The fraction of sp³-hybridized carbons (Fsp3) is 0.462. The van der Waals surface area contributed by atoms with Gasteiger partial charge in [0.1, 0.15) is 5.52 Å². The lowest BCUT2D eigenvalue weighted by atomic mass is 9.95. The molecule has 2 atom stereocenters. The first-order chi connectivity index (χ1) is 9.54. The van der Waals surface area contributed by atoms with Gasteiger partial charge in [-0.1, -0.05) is 6.92 Å². The molecular weight excluding hydrogens is 260 g/mol. The zero-order valence-electron chi connectivity index (χ0n) is 11.2. The zero-order chi connectivity index (χ0) is 14.3. The van der Waals surface area contributed by atoms with Crippen molar-refractivity contribution in [1.29, 1.82) is 0 Å². The first-order valence-electron chi connectivity index (χ1n) is 6.60. The number of rotatable bonds is 2. The van der Waals surface area contributed by atoms with E-state index in [-0.39, 0.29) is 11.7 Å². The van der Waals surface area contributed by atoms with E-state index < -0.39 is 4.92 Å². The molecule has 1 fully saturated rings. The minimum atomic E-state index is -0.444. The van der Waals surface area contributed by atoms with Crippen LogP contribution in [0, 0.1) is 16.0 Å². The third-order valence-electron chi connectivity index (χ3n) is 3.86. The zero-order valence-corrected chi connectivity index (χ0v) is 11.2. The van der Waals surface area contributed by atoms with Crippen molar-refractivity contribution in [1.82, 2.24) is 4.98 Å². The average molecular weight is 276 g/mol. The minimum Gasteiger partial charge on any atom is -0.423 e. The third-order valence-corrected chi connectivity index (χ3v) is 3.86. The highest BCUT2D eigenvalue weighted by Gasteiger charge is 2.26. The van der Waals surface area contributed by atoms with Gasteiger partial charge in [-0.3, -0.25) is 10.1 Å². The second-order valence-electron chi connectivity index (χ2n) is 5.28. The molecule has 1 aromatic carbocycles. The maximum Gasteiger partial charge on any atom is 0.298 e. The van der Waals surface area contributed by atoms with Gasteiger partial charge in [-0.2, -0.15) is 4.98 Å². The van der Waals surface area contributed by atoms with E-state index in [0.717, 1.165) is 13.0 Å². The van der Waals surface area contributed by atoms with Crippen molar-refractivity contribution >= 4 is 22.8 Å². The first-order valence-corrected chi connectivity index (χ1v) is 6.60. The summed E-state index contributed by atoms with van der Waals surface area (Å²) in [6.45, 7) is 3.66. The van der Waals surface area contributed by atoms with E-state index in [1.54, 1.807) is 6.07 Å². The molecule has 0 radical (unpaired) electrons. The van der Waals surface area contributed by atoms with Crippen LogP contribution in [-0.2, 0) is 0 Å². The number of fused-ring (bicyclic) bond motifs is 1. The summed E-state index contributed by atoms with van der Waals surface area (Å²) in [5, 5.41) is 10.7. The largest absolute Gasteiger partial charge is 0.423 e. The molecule has 0 spiro atoms. The molecule has 1 aliphatic rings. The van der Waals surface area contributed by atoms with E-state index in [9.17, 15) is 10.1 Å². The van der Waals surface area contributed by atoms with Crippen molar-refractivity contribution in [2.45, 2.75) is 19.4 Å². The van der Waals surface area contributed by atoms with Gasteiger partial charge in [-0.15, -0.1) is 0 Å². The molecule has 0 bridgehead atoms. The van der Waals surface area contributed by atoms with E-state index in [1.807, 2.05) is 4.90 Å². The van der Waals surface area contributed by atoms with Gasteiger partial charge in [-0.05, 0) is 18.4 Å². The van der Waals surface area contributed by atoms with Crippen molar-refractivity contribution in [3.05, 3.63) is 28.3 Å². The summed E-state index contributed by atoms with van der Waals surface area (Å²) in [6.07, 6.45) is 0.986. The van der Waals surface area contributed by atoms with Gasteiger partial charge < -0.3 is 15.1 Å². The van der Waals surface area contributed by atoms with Crippen LogP contribution in [0.2, 0.25) is 0 Å². The predicted molar refractivity (Wildman–Crippen MR) is 74.6 cm³/mol. The van der Waals surface area contributed by atoms with E-state index in [0.29, 0.717) is 29.6 Å². The molecule has 1 aromatic heterocycles. The number of non-ortho nitro benzene ring substituents is 1. The lowest BCUT2D eigenvalue weighted by Crippen LogP contribution is -2.47. The monoisotopic (exact) mass is 276 g/mol. The van der Waals surface area contributed by atoms with Gasteiger partial charge in [0.25, 0.3) is 11.7 Å². The molecule has 3 rings (SSSR count). The Morgan fingerprint density at radius 3 is 3.05 bits per heavy atom. The van der Waals surface area contributed by atoms with E-state index in [2.05, 4.69) is 11.9 Å². The number of aromatic nitrogens is 1. The fourth-order valence-electron chi connectivity index (χ4n) is 2.42. The van der Waals surface area contributed by atoms with E-state index in [4.69, 9.17) is 10.2 Å². The second kappa shape index (κ2) is 4.75. The summed E-state index contributed by atoms with van der Waals surface area (Å²) in [7, 11) is 0. The molecule has 1 saturated heterocycles. The van der Waals surface area contributed by atoms with Crippen molar-refractivity contribution in [2.24, 2.45) is 11.7 Å². The Bertz CT molecular complexity index is 654. The van der Waals surface area contributed by atoms with E-state index in [1.165, 1.54) is 12.1 Å². The number of nitro benzene ring substituents is 1. The van der Waals surface area contributed by atoms with Gasteiger partial charge in [0.15, 0.2) is 5.58 Å². The standard InChI is InChI=1S/C13H16N4O3/c1-8-4-5-16(7-10(8)14)13-15-11-3-2-9(17(18)19)6-12(11)20-13/h2-3,6,8,10H,4-5,7,14H2,1H3. The minimum absolute atomic E-state index is 0.00386. The summed E-state index contributed by atoms with van der Waals surface area (Å²) in [6, 6.07) is 5.01. The summed E-state index contributed by atoms with van der Waals surface area (Å²) in [4.78, 5) is 16.7. The van der Waals surface area contributed by atoms with Crippen LogP contribution in [0.15, 0.2) is 22.6 Å². The molecule has 2 unspecified atom stereocenters. The number of piperidine rings is 1. The van der Waals surface area contributed by atoms with Crippen LogP contribution in [0.4, 0.5) is 11.7 Å². The second-order valence-corrected chi connectivity index (χ2v) is 5.28.